The van der Waals surface area contributed by atoms with Gasteiger partial charge in [0.25, 0.3) is 5.91 Å². The normalized spacial score (nSPS) is 11.5. The number of carbonyl (C=O) groups excluding carboxylic acids is 3. The van der Waals surface area contributed by atoms with Crippen molar-refractivity contribution in [2.75, 3.05) is 5.32 Å². The second kappa shape index (κ2) is 7.83. The minimum atomic E-state index is -0.982. The molecule has 124 valence electrons. The molecule has 2 aromatic rings. The van der Waals surface area contributed by atoms with E-state index in [9.17, 15) is 14.4 Å². The molecule has 0 bridgehead atoms. The number of esters is 1. The number of halogens is 1. The van der Waals surface area contributed by atoms with E-state index in [-0.39, 0.29) is 11.3 Å². The lowest BCUT2D eigenvalue weighted by Crippen LogP contribution is -2.30. The molecule has 7 heteroatoms. The Morgan fingerprint density at radius 2 is 1.79 bits per heavy atom. The van der Waals surface area contributed by atoms with Crippen LogP contribution in [0.4, 0.5) is 5.69 Å². The molecule has 0 spiro atoms. The fourth-order valence-corrected chi connectivity index (χ4v) is 2.20. The highest BCUT2D eigenvalue weighted by atomic mass is 79.9. The summed E-state index contributed by atoms with van der Waals surface area (Å²) < 4.78 is 5.76. The molecule has 2 rings (SSSR count). The maximum atomic E-state index is 12.1. The van der Waals surface area contributed by atoms with Gasteiger partial charge in [-0.3, -0.25) is 14.6 Å². The summed E-state index contributed by atoms with van der Waals surface area (Å²) in [6.45, 7) is 2.94. The Kier molecular flexibility index (Phi) is 5.81. The van der Waals surface area contributed by atoms with Gasteiger partial charge in [-0.05, 0) is 60.1 Å². The Bertz CT molecular complexity index is 774. The molecule has 24 heavy (non-hydrogen) atoms. The second-order valence-corrected chi connectivity index (χ2v) is 5.98. The lowest BCUT2D eigenvalue weighted by Gasteiger charge is -2.13. The number of carbonyl (C=O) groups is 3. The molecule has 0 aliphatic carbocycles. The van der Waals surface area contributed by atoms with Gasteiger partial charge >= 0.3 is 5.97 Å². The van der Waals surface area contributed by atoms with Crippen LogP contribution in [0.5, 0.6) is 0 Å². The van der Waals surface area contributed by atoms with E-state index in [1.54, 1.807) is 30.3 Å². The summed E-state index contributed by atoms with van der Waals surface area (Å²) in [6.07, 6.45) is 1.92. The van der Waals surface area contributed by atoms with Crippen LogP contribution < -0.4 is 5.32 Å². The summed E-state index contributed by atoms with van der Waals surface area (Å²) in [5.74, 6) is -1.17. The Morgan fingerprint density at radius 1 is 1.12 bits per heavy atom. The molecule has 0 saturated heterocycles. The van der Waals surface area contributed by atoms with Gasteiger partial charge in [-0.1, -0.05) is 0 Å². The number of nitrogens with one attached hydrogen (secondary N) is 1. The average Bonchev–Trinajstić information content (AvgIpc) is 2.55. The number of amides is 1. The molecule has 0 saturated carbocycles. The van der Waals surface area contributed by atoms with E-state index in [4.69, 9.17) is 4.74 Å². The van der Waals surface area contributed by atoms with Gasteiger partial charge in [-0.15, -0.1) is 0 Å². The van der Waals surface area contributed by atoms with Crippen LogP contribution in [-0.4, -0.2) is 28.7 Å². The number of nitrogens with zero attached hydrogens (tertiary/aromatic N) is 1. The lowest BCUT2D eigenvalue weighted by molar-refractivity contribution is -0.123. The molecule has 1 N–H and O–H groups in total. The van der Waals surface area contributed by atoms with Crippen molar-refractivity contribution in [3.8, 4) is 0 Å². The molecule has 1 heterocycles. The number of benzene rings is 1. The monoisotopic (exact) mass is 390 g/mol. The number of anilines is 1. The van der Waals surface area contributed by atoms with Crippen molar-refractivity contribution in [2.45, 2.75) is 20.0 Å². The topological polar surface area (TPSA) is 85.4 Å². The summed E-state index contributed by atoms with van der Waals surface area (Å²) in [5, 5.41) is 2.62. The van der Waals surface area contributed by atoms with Crippen molar-refractivity contribution in [3.63, 3.8) is 0 Å². The van der Waals surface area contributed by atoms with Gasteiger partial charge in [-0.2, -0.15) is 0 Å². The molecule has 0 fully saturated rings. The summed E-state index contributed by atoms with van der Waals surface area (Å²) in [4.78, 5) is 39.2. The van der Waals surface area contributed by atoms with Crippen LogP contribution in [0.1, 0.15) is 34.6 Å². The van der Waals surface area contributed by atoms with Gasteiger partial charge in [0.2, 0.25) is 0 Å². The Labute approximate surface area is 147 Å². The molecular formula is C17H15BrN2O4. The molecule has 0 unspecified atom stereocenters. The minimum absolute atomic E-state index is 0.0576. The Morgan fingerprint density at radius 3 is 2.38 bits per heavy atom. The molecule has 0 aliphatic heterocycles. The third-order valence-electron chi connectivity index (χ3n) is 3.15. The summed E-state index contributed by atoms with van der Waals surface area (Å²) in [7, 11) is 0. The zero-order valence-corrected chi connectivity index (χ0v) is 14.7. The number of hydrogen-bond acceptors (Lipinski definition) is 5. The quantitative estimate of drug-likeness (QED) is 0.625. The molecule has 0 radical (unpaired) electrons. The minimum Gasteiger partial charge on any atom is -0.449 e. The molecule has 6 nitrogen and oxygen atoms in total. The van der Waals surface area contributed by atoms with Crippen molar-refractivity contribution in [1.29, 1.82) is 0 Å². The first kappa shape index (κ1) is 17.8. The zero-order valence-electron chi connectivity index (χ0n) is 13.1. The van der Waals surface area contributed by atoms with Crippen LogP contribution in [-0.2, 0) is 9.53 Å². The first-order valence-corrected chi connectivity index (χ1v) is 7.89. The van der Waals surface area contributed by atoms with Gasteiger partial charge in [-0.25, -0.2) is 4.79 Å². The molecule has 0 aliphatic rings. The number of aromatic nitrogens is 1. The maximum absolute atomic E-state index is 12.1. The predicted octanol–water partition coefficient (Wildman–Crippen LogP) is 3.23. The van der Waals surface area contributed by atoms with Crippen LogP contribution in [0.3, 0.4) is 0 Å². The largest absolute Gasteiger partial charge is 0.449 e. The van der Waals surface area contributed by atoms with Gasteiger partial charge in [0.15, 0.2) is 11.9 Å². The number of Topliss-reactive ketones (excluding diaryl/α,β-unsaturated/α-hetero) is 1. The summed E-state index contributed by atoms with van der Waals surface area (Å²) in [5.41, 5.74) is 1.31. The second-order valence-electron chi connectivity index (χ2n) is 5.06. The van der Waals surface area contributed by atoms with Crippen molar-refractivity contribution >= 4 is 39.3 Å². The van der Waals surface area contributed by atoms with Crippen LogP contribution in [0.2, 0.25) is 0 Å². The SMILES string of the molecule is CC(=O)c1ccc(NC(=O)[C@H](C)OC(=O)c2cncc(Br)c2)cc1. The van der Waals surface area contributed by atoms with Crippen molar-refractivity contribution in [1.82, 2.24) is 4.98 Å². The van der Waals surface area contributed by atoms with Crippen LogP contribution >= 0.6 is 15.9 Å². The third kappa shape index (κ3) is 4.73. The fourth-order valence-electron chi connectivity index (χ4n) is 1.84. The van der Waals surface area contributed by atoms with E-state index < -0.39 is 18.0 Å². The Balaban J connectivity index is 1.96. The summed E-state index contributed by atoms with van der Waals surface area (Å²) >= 11 is 3.21. The highest BCUT2D eigenvalue weighted by molar-refractivity contribution is 9.10. The van der Waals surface area contributed by atoms with E-state index >= 15 is 0 Å². The third-order valence-corrected chi connectivity index (χ3v) is 3.59. The number of ketones is 1. The number of pyridine rings is 1. The lowest BCUT2D eigenvalue weighted by atomic mass is 10.1. The first-order chi connectivity index (χ1) is 11.4. The van der Waals surface area contributed by atoms with E-state index in [0.29, 0.717) is 15.7 Å². The van der Waals surface area contributed by atoms with Crippen LogP contribution in [0, 0.1) is 0 Å². The first-order valence-electron chi connectivity index (χ1n) is 7.10. The molecule has 1 aromatic carbocycles. The molecule has 1 atom stereocenters. The smallest absolute Gasteiger partial charge is 0.340 e. The predicted molar refractivity (Wildman–Crippen MR) is 91.9 cm³/mol. The standard InChI is InChI=1S/C17H15BrN2O4/c1-10(21)12-3-5-15(6-4-12)20-16(22)11(2)24-17(23)13-7-14(18)9-19-8-13/h3-9,11H,1-2H3,(H,20,22)/t11-/m0/s1. The molecule has 1 amide bonds. The molecular weight excluding hydrogens is 376 g/mol. The van der Waals surface area contributed by atoms with Crippen LogP contribution in [0.25, 0.3) is 0 Å². The molecule has 1 aromatic heterocycles. The van der Waals surface area contributed by atoms with E-state index in [0.717, 1.165) is 0 Å². The fraction of sp³-hybridized carbons (Fsp3) is 0.176. The Hall–Kier alpha value is -2.54. The number of rotatable bonds is 5. The highest BCUT2D eigenvalue weighted by Crippen LogP contribution is 2.13. The van der Waals surface area contributed by atoms with Gasteiger partial charge in [0, 0.05) is 28.1 Å². The van der Waals surface area contributed by atoms with Gasteiger partial charge in [0.1, 0.15) is 0 Å². The number of ether oxygens (including phenoxy) is 1. The van der Waals surface area contributed by atoms with E-state index in [1.165, 1.54) is 26.2 Å². The van der Waals surface area contributed by atoms with Crippen molar-refractivity contribution < 1.29 is 19.1 Å². The van der Waals surface area contributed by atoms with Crippen LogP contribution in [0.15, 0.2) is 47.2 Å². The van der Waals surface area contributed by atoms with Gasteiger partial charge in [0.05, 0.1) is 5.56 Å². The summed E-state index contributed by atoms with van der Waals surface area (Å²) in [6, 6.07) is 8.01. The zero-order chi connectivity index (χ0) is 17.7. The average molecular weight is 391 g/mol. The van der Waals surface area contributed by atoms with E-state index in [1.807, 2.05) is 0 Å². The van der Waals surface area contributed by atoms with Crippen molar-refractivity contribution in [3.05, 3.63) is 58.3 Å². The highest BCUT2D eigenvalue weighted by Gasteiger charge is 2.19. The van der Waals surface area contributed by atoms with Crippen molar-refractivity contribution in [2.24, 2.45) is 0 Å². The van der Waals surface area contributed by atoms with E-state index in [2.05, 4.69) is 26.2 Å². The van der Waals surface area contributed by atoms with Gasteiger partial charge < -0.3 is 10.1 Å². The number of hydrogen-bond donors (Lipinski definition) is 1. The maximum Gasteiger partial charge on any atom is 0.340 e.